The smallest absolute Gasteiger partial charge is 0.109 e. The van der Waals surface area contributed by atoms with Crippen molar-refractivity contribution in [3.8, 4) is 0 Å². The summed E-state index contributed by atoms with van der Waals surface area (Å²) in [6.07, 6.45) is 6.31. The Balaban J connectivity index is 1.44. The molecule has 138 valence electrons. The molecule has 0 aromatic carbocycles. The number of pyridine rings is 2. The van der Waals surface area contributed by atoms with Gasteiger partial charge in [-0.1, -0.05) is 0 Å². The van der Waals surface area contributed by atoms with Gasteiger partial charge in [0.2, 0.25) is 0 Å². The lowest BCUT2D eigenvalue weighted by atomic mass is 9.66. The maximum Gasteiger partial charge on any atom is 0.109 e. The van der Waals surface area contributed by atoms with E-state index in [4.69, 9.17) is 11.5 Å². The number of aliphatic hydroxyl groups is 2. The van der Waals surface area contributed by atoms with Crippen LogP contribution in [-0.4, -0.2) is 20.2 Å². The quantitative estimate of drug-likeness (QED) is 0.668. The summed E-state index contributed by atoms with van der Waals surface area (Å²) >= 11 is 0. The van der Waals surface area contributed by atoms with E-state index < -0.39 is 11.2 Å². The van der Waals surface area contributed by atoms with Gasteiger partial charge in [-0.05, 0) is 75.1 Å². The normalized spacial score (nSPS) is 26.8. The van der Waals surface area contributed by atoms with Crippen LogP contribution in [0.25, 0.3) is 0 Å². The van der Waals surface area contributed by atoms with Crippen molar-refractivity contribution >= 4 is 11.4 Å². The largest absolute Gasteiger partial charge is 0.397 e. The van der Waals surface area contributed by atoms with Crippen molar-refractivity contribution in [1.82, 2.24) is 9.97 Å². The lowest BCUT2D eigenvalue weighted by Gasteiger charge is -2.44. The first kappa shape index (κ1) is 17.2. The van der Waals surface area contributed by atoms with Gasteiger partial charge in [-0.15, -0.1) is 0 Å². The van der Waals surface area contributed by atoms with Gasteiger partial charge in [0.05, 0.1) is 22.8 Å². The Morgan fingerprint density at radius 1 is 1.08 bits per heavy atom. The molecule has 0 radical (unpaired) electrons. The van der Waals surface area contributed by atoms with Gasteiger partial charge < -0.3 is 21.7 Å². The molecule has 4 rings (SSSR count). The van der Waals surface area contributed by atoms with Gasteiger partial charge in [0.25, 0.3) is 0 Å². The highest BCUT2D eigenvalue weighted by atomic mass is 16.3. The van der Waals surface area contributed by atoms with E-state index in [0.717, 1.165) is 36.9 Å². The molecule has 2 aliphatic rings. The molecule has 0 bridgehead atoms. The topological polar surface area (TPSA) is 118 Å². The fourth-order valence-corrected chi connectivity index (χ4v) is 4.28. The summed E-state index contributed by atoms with van der Waals surface area (Å²) < 4.78 is 0. The number of aromatic nitrogens is 2. The van der Waals surface area contributed by atoms with E-state index in [-0.39, 0.29) is 0 Å². The molecule has 2 aromatic rings. The highest BCUT2D eigenvalue weighted by molar-refractivity contribution is 5.49. The summed E-state index contributed by atoms with van der Waals surface area (Å²) in [6, 6.07) is 5.57. The molecule has 0 spiro atoms. The summed E-state index contributed by atoms with van der Waals surface area (Å²) in [5.41, 5.74) is 14.5. The van der Waals surface area contributed by atoms with Gasteiger partial charge in [0.1, 0.15) is 11.2 Å². The number of anilines is 2. The standard InChI is InChI=1S/C20H26N4O2/c1-12-3-4-15(21)18(24-12)20(26)9-14(10-20)7-13-8-16(22)17(23-11-13)19(25)5-2-6-19/h3-4,8,11,14,25-26H,2,5-7,9-10,21-22H2,1H3. The average Bonchev–Trinajstić information content (AvgIpc) is 2.53. The molecule has 2 saturated carbocycles. The van der Waals surface area contributed by atoms with E-state index in [2.05, 4.69) is 9.97 Å². The number of nitrogen functional groups attached to an aromatic ring is 2. The molecule has 2 aliphatic carbocycles. The van der Waals surface area contributed by atoms with Gasteiger partial charge in [0.15, 0.2) is 0 Å². The Labute approximate surface area is 153 Å². The summed E-state index contributed by atoms with van der Waals surface area (Å²) in [4.78, 5) is 8.88. The van der Waals surface area contributed by atoms with Crippen LogP contribution in [0.3, 0.4) is 0 Å². The number of hydrogen-bond donors (Lipinski definition) is 4. The first-order valence-corrected chi connectivity index (χ1v) is 9.22. The van der Waals surface area contributed by atoms with Gasteiger partial charge in [0, 0.05) is 11.9 Å². The summed E-state index contributed by atoms with van der Waals surface area (Å²) in [7, 11) is 0. The van der Waals surface area contributed by atoms with E-state index in [1.807, 2.05) is 19.1 Å². The van der Waals surface area contributed by atoms with Crippen molar-refractivity contribution in [1.29, 1.82) is 0 Å². The van der Waals surface area contributed by atoms with E-state index in [1.54, 1.807) is 12.3 Å². The highest BCUT2D eigenvalue weighted by Gasteiger charge is 2.46. The summed E-state index contributed by atoms with van der Waals surface area (Å²) in [5.74, 6) is 0.334. The lowest BCUT2D eigenvalue weighted by Crippen LogP contribution is -2.43. The third-order valence-electron chi connectivity index (χ3n) is 5.88. The zero-order valence-electron chi connectivity index (χ0n) is 15.1. The molecule has 2 heterocycles. The van der Waals surface area contributed by atoms with Crippen molar-refractivity contribution in [2.75, 3.05) is 11.5 Å². The summed E-state index contributed by atoms with van der Waals surface area (Å²) in [6.45, 7) is 1.90. The molecule has 6 N–H and O–H groups in total. The predicted molar refractivity (Wildman–Crippen MR) is 100 cm³/mol. The third-order valence-corrected chi connectivity index (χ3v) is 5.88. The Kier molecular flexibility index (Phi) is 3.93. The van der Waals surface area contributed by atoms with Crippen LogP contribution < -0.4 is 11.5 Å². The van der Waals surface area contributed by atoms with Gasteiger partial charge in [-0.2, -0.15) is 0 Å². The van der Waals surface area contributed by atoms with Crippen LogP contribution in [-0.2, 0) is 17.6 Å². The second kappa shape index (κ2) is 5.93. The molecule has 6 heteroatoms. The number of nitrogens with zero attached hydrogens (tertiary/aromatic N) is 2. The Morgan fingerprint density at radius 2 is 1.81 bits per heavy atom. The van der Waals surface area contributed by atoms with Crippen molar-refractivity contribution < 1.29 is 10.2 Å². The van der Waals surface area contributed by atoms with E-state index >= 15 is 0 Å². The molecule has 6 nitrogen and oxygen atoms in total. The van der Waals surface area contributed by atoms with Crippen LogP contribution in [0.2, 0.25) is 0 Å². The fourth-order valence-electron chi connectivity index (χ4n) is 4.28. The molecule has 0 unspecified atom stereocenters. The van der Waals surface area contributed by atoms with Gasteiger partial charge in [-0.3, -0.25) is 9.97 Å². The van der Waals surface area contributed by atoms with E-state index in [9.17, 15) is 10.2 Å². The molecule has 0 atom stereocenters. The summed E-state index contributed by atoms with van der Waals surface area (Å²) in [5, 5.41) is 21.3. The molecule has 0 saturated heterocycles. The third kappa shape index (κ3) is 2.83. The Bertz CT molecular complexity index is 842. The zero-order valence-corrected chi connectivity index (χ0v) is 15.1. The predicted octanol–water partition coefficient (Wildman–Crippen LogP) is 2.16. The fraction of sp³-hybridized carbons (Fsp3) is 0.500. The van der Waals surface area contributed by atoms with Crippen LogP contribution >= 0.6 is 0 Å². The van der Waals surface area contributed by atoms with Crippen molar-refractivity contribution in [2.24, 2.45) is 5.92 Å². The van der Waals surface area contributed by atoms with Crippen molar-refractivity contribution in [2.45, 2.75) is 56.7 Å². The molecular formula is C20H26N4O2. The van der Waals surface area contributed by atoms with Crippen molar-refractivity contribution in [3.05, 3.63) is 47.0 Å². The average molecular weight is 354 g/mol. The van der Waals surface area contributed by atoms with Crippen LogP contribution in [0, 0.1) is 12.8 Å². The maximum absolute atomic E-state index is 10.9. The molecule has 2 aromatic heterocycles. The van der Waals surface area contributed by atoms with Crippen LogP contribution in [0.5, 0.6) is 0 Å². The molecule has 0 amide bonds. The van der Waals surface area contributed by atoms with Crippen LogP contribution in [0.15, 0.2) is 24.4 Å². The second-order valence-corrected chi connectivity index (χ2v) is 8.07. The van der Waals surface area contributed by atoms with Crippen molar-refractivity contribution in [3.63, 3.8) is 0 Å². The zero-order chi connectivity index (χ0) is 18.5. The second-order valence-electron chi connectivity index (χ2n) is 8.07. The minimum absolute atomic E-state index is 0.334. The number of aryl methyl sites for hydroxylation is 1. The highest BCUT2D eigenvalue weighted by Crippen LogP contribution is 2.48. The minimum atomic E-state index is -0.944. The molecule has 2 fully saturated rings. The first-order valence-electron chi connectivity index (χ1n) is 9.22. The van der Waals surface area contributed by atoms with Crippen LogP contribution in [0.4, 0.5) is 11.4 Å². The lowest BCUT2D eigenvalue weighted by molar-refractivity contribution is -0.0822. The van der Waals surface area contributed by atoms with E-state index in [1.165, 1.54) is 0 Å². The first-order chi connectivity index (χ1) is 12.3. The SMILES string of the molecule is Cc1ccc(N)c(C2(O)CC(Cc3cnc(C4(O)CCC4)c(N)c3)C2)n1. The Hall–Kier alpha value is -2.18. The number of hydrogen-bond acceptors (Lipinski definition) is 6. The molecule has 0 aliphatic heterocycles. The molecule has 26 heavy (non-hydrogen) atoms. The van der Waals surface area contributed by atoms with Gasteiger partial charge in [-0.25, -0.2) is 0 Å². The van der Waals surface area contributed by atoms with Gasteiger partial charge >= 0.3 is 0 Å². The Morgan fingerprint density at radius 3 is 2.42 bits per heavy atom. The molecular weight excluding hydrogens is 328 g/mol. The number of nitrogens with two attached hydrogens (primary N) is 2. The number of rotatable bonds is 4. The monoisotopic (exact) mass is 354 g/mol. The van der Waals surface area contributed by atoms with E-state index in [0.29, 0.717) is 41.5 Å². The minimum Gasteiger partial charge on any atom is -0.397 e. The van der Waals surface area contributed by atoms with Crippen LogP contribution in [0.1, 0.15) is 54.7 Å². The maximum atomic E-state index is 10.9.